The first-order chi connectivity index (χ1) is 9.76. The van der Waals surface area contributed by atoms with E-state index in [0.29, 0.717) is 18.3 Å². The largest absolute Gasteiger partial charge is 0.479 e. The summed E-state index contributed by atoms with van der Waals surface area (Å²) in [5.41, 5.74) is 0. The second kappa shape index (κ2) is 5.36. The number of amides is 1. The molecule has 3 heterocycles. The van der Waals surface area contributed by atoms with Gasteiger partial charge in [-0.25, -0.2) is 4.98 Å². The van der Waals surface area contributed by atoms with Gasteiger partial charge in [0, 0.05) is 31.9 Å². The molecule has 0 bridgehead atoms. The predicted octanol–water partition coefficient (Wildman–Crippen LogP) is 0.872. The average Bonchev–Trinajstić information content (AvgIpc) is 3.12. The summed E-state index contributed by atoms with van der Waals surface area (Å²) in [6.45, 7) is 1.49. The Morgan fingerprint density at radius 1 is 1.65 bits per heavy atom. The highest BCUT2D eigenvalue weighted by Gasteiger charge is 2.20. The highest BCUT2D eigenvalue weighted by molar-refractivity contribution is 5.91. The number of methoxy groups -OCH3 is 1. The van der Waals surface area contributed by atoms with Crippen LogP contribution >= 0.6 is 0 Å². The van der Waals surface area contributed by atoms with Gasteiger partial charge in [0.15, 0.2) is 0 Å². The number of ether oxygens (including phenoxy) is 1. The number of nitrogens with one attached hydrogen (secondary N) is 1. The molecule has 0 fully saturated rings. The molecule has 1 aliphatic rings. The fourth-order valence-electron chi connectivity index (χ4n) is 2.39. The minimum absolute atomic E-state index is 0.168. The number of carbonyl (C=O) groups is 1. The minimum Gasteiger partial charge on any atom is -0.479 e. The van der Waals surface area contributed by atoms with Crippen molar-refractivity contribution in [3.8, 4) is 5.88 Å². The SMILES string of the molecule is COc1cc(C(=O)NCC2CCc3nccn3C2)on1. The third-order valence-corrected chi connectivity index (χ3v) is 3.51. The number of carbonyl (C=O) groups excluding carboxylic acids is 1. The van der Waals surface area contributed by atoms with E-state index < -0.39 is 0 Å². The fourth-order valence-corrected chi connectivity index (χ4v) is 2.39. The van der Waals surface area contributed by atoms with E-state index >= 15 is 0 Å². The van der Waals surface area contributed by atoms with E-state index in [2.05, 4.69) is 20.0 Å². The van der Waals surface area contributed by atoms with Crippen molar-refractivity contribution < 1.29 is 14.1 Å². The Hall–Kier alpha value is -2.31. The van der Waals surface area contributed by atoms with Crippen LogP contribution in [0.5, 0.6) is 5.88 Å². The molecule has 7 heteroatoms. The lowest BCUT2D eigenvalue weighted by Crippen LogP contribution is -2.33. The van der Waals surface area contributed by atoms with E-state index in [-0.39, 0.29) is 11.7 Å². The number of aromatic nitrogens is 3. The van der Waals surface area contributed by atoms with Crippen LogP contribution in [-0.2, 0) is 13.0 Å². The highest BCUT2D eigenvalue weighted by atomic mass is 16.5. The molecule has 3 rings (SSSR count). The fraction of sp³-hybridized carbons (Fsp3) is 0.462. The van der Waals surface area contributed by atoms with Crippen LogP contribution in [0.1, 0.15) is 22.8 Å². The normalized spacial score (nSPS) is 17.6. The number of hydrogen-bond donors (Lipinski definition) is 1. The monoisotopic (exact) mass is 276 g/mol. The van der Waals surface area contributed by atoms with Crippen molar-refractivity contribution in [1.29, 1.82) is 0 Å². The van der Waals surface area contributed by atoms with Gasteiger partial charge in [-0.2, -0.15) is 0 Å². The van der Waals surface area contributed by atoms with E-state index in [1.54, 1.807) is 0 Å². The average molecular weight is 276 g/mol. The number of nitrogens with zero attached hydrogens (tertiary/aromatic N) is 3. The Balaban J connectivity index is 1.54. The van der Waals surface area contributed by atoms with Crippen molar-refractivity contribution in [2.45, 2.75) is 19.4 Å². The standard InChI is InChI=1S/C13H16N4O3/c1-19-12-6-10(20-16-12)13(18)15-7-9-2-3-11-14-4-5-17(11)8-9/h4-6,9H,2-3,7-8H2,1H3,(H,15,18). The molecule has 7 nitrogen and oxygen atoms in total. The second-order valence-electron chi connectivity index (χ2n) is 4.84. The molecule has 0 radical (unpaired) electrons. The van der Waals surface area contributed by atoms with Crippen LogP contribution in [0.15, 0.2) is 23.0 Å². The summed E-state index contributed by atoms with van der Waals surface area (Å²) in [6.07, 6.45) is 5.77. The van der Waals surface area contributed by atoms with Crippen LogP contribution in [0.2, 0.25) is 0 Å². The maximum Gasteiger partial charge on any atom is 0.290 e. The molecule has 2 aromatic heterocycles. The Morgan fingerprint density at radius 3 is 3.35 bits per heavy atom. The molecular formula is C13H16N4O3. The van der Waals surface area contributed by atoms with Crippen molar-refractivity contribution in [2.75, 3.05) is 13.7 Å². The Bertz CT molecular complexity index is 604. The van der Waals surface area contributed by atoms with Gasteiger partial charge in [0.05, 0.1) is 13.2 Å². The van der Waals surface area contributed by atoms with Gasteiger partial charge < -0.3 is 19.1 Å². The van der Waals surface area contributed by atoms with Crippen molar-refractivity contribution in [3.63, 3.8) is 0 Å². The van der Waals surface area contributed by atoms with Crippen molar-refractivity contribution in [1.82, 2.24) is 20.0 Å². The molecule has 0 saturated heterocycles. The van der Waals surface area contributed by atoms with Gasteiger partial charge in [-0.1, -0.05) is 0 Å². The summed E-state index contributed by atoms with van der Waals surface area (Å²) in [7, 11) is 1.48. The number of aryl methyl sites for hydroxylation is 1. The zero-order chi connectivity index (χ0) is 13.9. The topological polar surface area (TPSA) is 82.2 Å². The van der Waals surface area contributed by atoms with Crippen molar-refractivity contribution >= 4 is 5.91 Å². The van der Waals surface area contributed by atoms with Gasteiger partial charge in [-0.3, -0.25) is 4.79 Å². The smallest absolute Gasteiger partial charge is 0.290 e. The van der Waals surface area contributed by atoms with Crippen LogP contribution in [0, 0.1) is 5.92 Å². The van der Waals surface area contributed by atoms with E-state index in [1.807, 2.05) is 12.4 Å². The van der Waals surface area contributed by atoms with E-state index in [1.165, 1.54) is 13.2 Å². The zero-order valence-corrected chi connectivity index (χ0v) is 11.2. The quantitative estimate of drug-likeness (QED) is 0.896. The van der Waals surface area contributed by atoms with Crippen LogP contribution in [-0.4, -0.2) is 34.3 Å². The summed E-state index contributed by atoms with van der Waals surface area (Å²) in [5.74, 6) is 1.73. The third-order valence-electron chi connectivity index (χ3n) is 3.51. The molecule has 0 saturated carbocycles. The third kappa shape index (κ3) is 2.52. The molecule has 106 valence electrons. The molecule has 1 atom stereocenters. The van der Waals surface area contributed by atoms with Gasteiger partial charge in [-0.05, 0) is 17.5 Å². The molecule has 0 aliphatic carbocycles. The molecule has 0 spiro atoms. The summed E-state index contributed by atoms with van der Waals surface area (Å²) in [4.78, 5) is 16.2. The summed E-state index contributed by atoms with van der Waals surface area (Å²) >= 11 is 0. The molecule has 0 aromatic carbocycles. The highest BCUT2D eigenvalue weighted by Crippen LogP contribution is 2.18. The first kappa shape index (κ1) is 12.7. The molecule has 20 heavy (non-hydrogen) atoms. The Kier molecular flexibility index (Phi) is 3.41. The molecule has 1 unspecified atom stereocenters. The molecule has 2 aromatic rings. The Morgan fingerprint density at radius 2 is 2.55 bits per heavy atom. The van der Waals surface area contributed by atoms with Gasteiger partial charge in [0.2, 0.25) is 5.76 Å². The minimum atomic E-state index is -0.266. The summed E-state index contributed by atoms with van der Waals surface area (Å²) in [5, 5.41) is 6.47. The number of imidazole rings is 1. The van der Waals surface area contributed by atoms with Crippen LogP contribution in [0.25, 0.3) is 0 Å². The van der Waals surface area contributed by atoms with Gasteiger partial charge in [0.1, 0.15) is 5.82 Å². The predicted molar refractivity (Wildman–Crippen MR) is 69.4 cm³/mol. The Labute approximate surface area is 115 Å². The lowest BCUT2D eigenvalue weighted by Gasteiger charge is -2.23. The zero-order valence-electron chi connectivity index (χ0n) is 11.2. The van der Waals surface area contributed by atoms with E-state index in [4.69, 9.17) is 9.26 Å². The van der Waals surface area contributed by atoms with Crippen LogP contribution in [0.4, 0.5) is 0 Å². The van der Waals surface area contributed by atoms with E-state index in [0.717, 1.165) is 25.2 Å². The number of fused-ring (bicyclic) bond motifs is 1. The van der Waals surface area contributed by atoms with Gasteiger partial charge >= 0.3 is 0 Å². The lowest BCUT2D eigenvalue weighted by atomic mass is 9.99. The summed E-state index contributed by atoms with van der Waals surface area (Å²) < 4.78 is 11.9. The molecule has 1 amide bonds. The van der Waals surface area contributed by atoms with Gasteiger partial charge in [-0.15, -0.1) is 0 Å². The van der Waals surface area contributed by atoms with Crippen LogP contribution < -0.4 is 10.1 Å². The summed E-state index contributed by atoms with van der Waals surface area (Å²) in [6, 6.07) is 1.48. The first-order valence-corrected chi connectivity index (χ1v) is 6.55. The lowest BCUT2D eigenvalue weighted by molar-refractivity contribution is 0.0906. The molecule has 1 aliphatic heterocycles. The number of hydrogen-bond acceptors (Lipinski definition) is 5. The van der Waals surface area contributed by atoms with E-state index in [9.17, 15) is 4.79 Å². The maximum atomic E-state index is 11.9. The molecular weight excluding hydrogens is 260 g/mol. The first-order valence-electron chi connectivity index (χ1n) is 6.55. The van der Waals surface area contributed by atoms with Crippen LogP contribution in [0.3, 0.4) is 0 Å². The number of rotatable bonds is 4. The van der Waals surface area contributed by atoms with Crippen molar-refractivity contribution in [3.05, 3.63) is 30.0 Å². The van der Waals surface area contributed by atoms with Crippen molar-refractivity contribution in [2.24, 2.45) is 5.92 Å². The second-order valence-corrected chi connectivity index (χ2v) is 4.84. The van der Waals surface area contributed by atoms with Gasteiger partial charge in [0.25, 0.3) is 11.8 Å². The molecule has 1 N–H and O–H groups in total. The maximum absolute atomic E-state index is 11.9.